The first-order valence-corrected chi connectivity index (χ1v) is 7.29. The predicted octanol–water partition coefficient (Wildman–Crippen LogP) is 2.45. The average molecular weight is 393 g/mol. The van der Waals surface area contributed by atoms with Crippen molar-refractivity contribution < 1.29 is 0 Å². The molecule has 0 atom stereocenters. The molecule has 0 aliphatic carbocycles. The van der Waals surface area contributed by atoms with E-state index >= 15 is 0 Å². The largest absolute Gasteiger partial charge is 0.357 e. The first-order chi connectivity index (χ1) is 10.2. The van der Waals surface area contributed by atoms with Crippen LogP contribution in [-0.2, 0) is 0 Å². The van der Waals surface area contributed by atoms with Gasteiger partial charge in [0.2, 0.25) is 11.9 Å². The molecular weight excluding hydrogens is 381 g/mol. The van der Waals surface area contributed by atoms with Crippen LogP contribution in [0.1, 0.15) is 0 Å². The Kier molecular flexibility index (Phi) is 3.95. The maximum Gasteiger partial charge on any atom is 0.257 e. The fourth-order valence-electron chi connectivity index (χ4n) is 1.68. The number of rotatable bonds is 4. The van der Waals surface area contributed by atoms with E-state index in [0.29, 0.717) is 17.8 Å². The lowest BCUT2D eigenvalue weighted by Gasteiger charge is -2.08. The van der Waals surface area contributed by atoms with Crippen molar-refractivity contribution in [3.05, 3.63) is 46.3 Å². The molecule has 0 radical (unpaired) electrons. The van der Waals surface area contributed by atoms with Gasteiger partial charge in [-0.15, -0.1) is 0 Å². The Balaban J connectivity index is 1.94. The summed E-state index contributed by atoms with van der Waals surface area (Å²) < 4.78 is 2.75. The summed E-state index contributed by atoms with van der Waals surface area (Å²) in [6.45, 7) is 0. The summed E-state index contributed by atoms with van der Waals surface area (Å²) in [4.78, 5) is 12.9. The van der Waals surface area contributed by atoms with Gasteiger partial charge in [0.15, 0.2) is 0 Å². The third kappa shape index (κ3) is 3.27. The van der Waals surface area contributed by atoms with Crippen LogP contribution in [0.2, 0.25) is 0 Å². The van der Waals surface area contributed by atoms with E-state index < -0.39 is 0 Å². The van der Waals surface area contributed by atoms with Gasteiger partial charge in [-0.1, -0.05) is 0 Å². The summed E-state index contributed by atoms with van der Waals surface area (Å²) in [6, 6.07) is 9.78. The third-order valence-corrected chi connectivity index (χ3v) is 3.38. The Morgan fingerprint density at radius 1 is 1.05 bits per heavy atom. The summed E-state index contributed by atoms with van der Waals surface area (Å²) in [5, 5.41) is 10.2. The van der Waals surface area contributed by atoms with Crippen LogP contribution in [-0.4, -0.2) is 31.8 Å². The molecule has 2 heterocycles. The maximum atomic E-state index is 4.37. The number of aromatic nitrogens is 5. The number of nitrogens with one attached hydrogen (secondary N) is 2. The SMILES string of the molecule is CNc1nc(Nc2ccc(I)cc2)nc(-n2cccn2)n1. The molecule has 3 aromatic rings. The molecule has 106 valence electrons. The molecule has 7 nitrogen and oxygen atoms in total. The van der Waals surface area contributed by atoms with Crippen molar-refractivity contribution in [2.75, 3.05) is 17.7 Å². The van der Waals surface area contributed by atoms with E-state index in [-0.39, 0.29) is 0 Å². The van der Waals surface area contributed by atoms with Crippen molar-refractivity contribution in [2.45, 2.75) is 0 Å². The molecule has 0 saturated carbocycles. The van der Waals surface area contributed by atoms with E-state index in [0.717, 1.165) is 5.69 Å². The van der Waals surface area contributed by atoms with Crippen LogP contribution < -0.4 is 10.6 Å². The van der Waals surface area contributed by atoms with Crippen LogP contribution in [0, 0.1) is 3.57 Å². The van der Waals surface area contributed by atoms with Gasteiger partial charge in [-0.05, 0) is 52.9 Å². The first kappa shape index (κ1) is 13.7. The van der Waals surface area contributed by atoms with Gasteiger partial charge in [0, 0.05) is 28.7 Å². The van der Waals surface area contributed by atoms with Crippen LogP contribution in [0.3, 0.4) is 0 Å². The molecule has 0 aliphatic rings. The molecule has 0 saturated heterocycles. The van der Waals surface area contributed by atoms with E-state index in [1.807, 2.05) is 30.3 Å². The fraction of sp³-hybridized carbons (Fsp3) is 0.0769. The van der Waals surface area contributed by atoms with E-state index in [9.17, 15) is 0 Å². The Hall–Kier alpha value is -2.23. The highest BCUT2D eigenvalue weighted by Gasteiger charge is 2.07. The topological polar surface area (TPSA) is 80.5 Å². The fourth-order valence-corrected chi connectivity index (χ4v) is 2.04. The van der Waals surface area contributed by atoms with Gasteiger partial charge < -0.3 is 10.6 Å². The highest BCUT2D eigenvalue weighted by atomic mass is 127. The summed E-state index contributed by atoms with van der Waals surface area (Å²) in [5.74, 6) is 1.39. The lowest BCUT2D eigenvalue weighted by Crippen LogP contribution is -2.09. The van der Waals surface area contributed by atoms with Gasteiger partial charge in [-0.25, -0.2) is 4.68 Å². The van der Waals surface area contributed by atoms with E-state index in [1.165, 1.54) is 3.57 Å². The number of hydrogen-bond donors (Lipinski definition) is 2. The number of anilines is 3. The molecule has 1 aromatic carbocycles. The van der Waals surface area contributed by atoms with E-state index in [4.69, 9.17) is 0 Å². The molecule has 2 aromatic heterocycles. The predicted molar refractivity (Wildman–Crippen MR) is 88.9 cm³/mol. The van der Waals surface area contributed by atoms with Gasteiger partial charge in [0.25, 0.3) is 5.95 Å². The molecule has 0 unspecified atom stereocenters. The van der Waals surface area contributed by atoms with Crippen LogP contribution in [0.25, 0.3) is 5.95 Å². The molecule has 0 amide bonds. The van der Waals surface area contributed by atoms with E-state index in [2.05, 4.69) is 53.3 Å². The van der Waals surface area contributed by atoms with Gasteiger partial charge in [0.1, 0.15) is 0 Å². The van der Waals surface area contributed by atoms with E-state index in [1.54, 1.807) is 24.1 Å². The van der Waals surface area contributed by atoms with Crippen molar-refractivity contribution in [1.29, 1.82) is 0 Å². The summed E-state index contributed by atoms with van der Waals surface area (Å²) in [7, 11) is 1.76. The second-order valence-corrected chi connectivity index (χ2v) is 5.36. The number of benzene rings is 1. The molecule has 2 N–H and O–H groups in total. The lowest BCUT2D eigenvalue weighted by atomic mass is 10.3. The Labute approximate surface area is 135 Å². The molecule has 8 heteroatoms. The average Bonchev–Trinajstić information content (AvgIpc) is 3.04. The summed E-state index contributed by atoms with van der Waals surface area (Å²) in [5.41, 5.74) is 0.912. The summed E-state index contributed by atoms with van der Waals surface area (Å²) >= 11 is 2.26. The van der Waals surface area contributed by atoms with Gasteiger partial charge >= 0.3 is 0 Å². The molecular formula is C13H12IN7. The number of hydrogen-bond acceptors (Lipinski definition) is 6. The van der Waals surface area contributed by atoms with Crippen molar-refractivity contribution >= 4 is 40.2 Å². The van der Waals surface area contributed by atoms with Crippen molar-refractivity contribution in [3.8, 4) is 5.95 Å². The van der Waals surface area contributed by atoms with Crippen LogP contribution in [0.4, 0.5) is 17.6 Å². The maximum absolute atomic E-state index is 4.37. The van der Waals surface area contributed by atoms with Gasteiger partial charge in [0.05, 0.1) is 0 Å². The summed E-state index contributed by atoms with van der Waals surface area (Å²) in [6.07, 6.45) is 3.46. The van der Waals surface area contributed by atoms with Crippen LogP contribution in [0.15, 0.2) is 42.7 Å². The second-order valence-electron chi connectivity index (χ2n) is 4.12. The standard InChI is InChI=1S/C13H12IN7/c1-15-11-18-12(17-10-5-3-9(14)4-6-10)20-13(19-11)21-8-2-7-16-21/h2-8H,1H3,(H2,15,17,18,19,20). The Bertz CT molecular complexity index is 725. The van der Waals surface area contributed by atoms with Gasteiger partial charge in [-0.2, -0.15) is 20.1 Å². The molecule has 0 bridgehead atoms. The Morgan fingerprint density at radius 2 is 1.81 bits per heavy atom. The first-order valence-electron chi connectivity index (χ1n) is 6.21. The highest BCUT2D eigenvalue weighted by Crippen LogP contribution is 2.16. The second kappa shape index (κ2) is 6.04. The lowest BCUT2D eigenvalue weighted by molar-refractivity contribution is 0.800. The number of nitrogens with zero attached hydrogens (tertiary/aromatic N) is 5. The van der Waals surface area contributed by atoms with Crippen LogP contribution in [0.5, 0.6) is 0 Å². The molecule has 0 fully saturated rings. The molecule has 0 aliphatic heterocycles. The zero-order chi connectivity index (χ0) is 14.7. The van der Waals surface area contributed by atoms with Crippen molar-refractivity contribution in [2.24, 2.45) is 0 Å². The normalized spacial score (nSPS) is 10.4. The molecule has 0 spiro atoms. The highest BCUT2D eigenvalue weighted by molar-refractivity contribution is 14.1. The number of halogens is 1. The zero-order valence-electron chi connectivity index (χ0n) is 11.2. The molecule has 21 heavy (non-hydrogen) atoms. The Morgan fingerprint density at radius 3 is 2.48 bits per heavy atom. The monoisotopic (exact) mass is 393 g/mol. The third-order valence-electron chi connectivity index (χ3n) is 2.66. The minimum atomic E-state index is 0.451. The van der Waals surface area contributed by atoms with Gasteiger partial charge in [-0.3, -0.25) is 0 Å². The minimum absolute atomic E-state index is 0.451. The minimum Gasteiger partial charge on any atom is -0.357 e. The smallest absolute Gasteiger partial charge is 0.257 e. The molecule has 3 rings (SSSR count). The van der Waals surface area contributed by atoms with Crippen molar-refractivity contribution in [3.63, 3.8) is 0 Å². The quantitative estimate of drug-likeness (QED) is 0.663. The van der Waals surface area contributed by atoms with Crippen LogP contribution >= 0.6 is 22.6 Å². The zero-order valence-corrected chi connectivity index (χ0v) is 13.3. The van der Waals surface area contributed by atoms with Crippen molar-refractivity contribution in [1.82, 2.24) is 24.7 Å².